The van der Waals surface area contributed by atoms with Gasteiger partial charge < -0.3 is 9.80 Å². The molecule has 0 radical (unpaired) electrons. The molecule has 10 heteroatoms. The van der Waals surface area contributed by atoms with Crippen LogP contribution in [-0.4, -0.2) is 34.7 Å². The first-order chi connectivity index (χ1) is 38.3. The average Bonchev–Trinajstić information content (AvgIpc) is 4.25. The fourth-order valence-electron chi connectivity index (χ4n) is 11.4. The van der Waals surface area contributed by atoms with Crippen LogP contribution in [0.2, 0.25) is 0 Å². The highest BCUT2D eigenvalue weighted by Crippen LogP contribution is 2.52. The third-order valence-corrected chi connectivity index (χ3v) is 20.7. The van der Waals surface area contributed by atoms with Crippen molar-refractivity contribution in [2.75, 3.05) is 13.1 Å². The molecular formula is C68H82N4O2S4. The number of carbonyl (C=O) groups is 2. The normalized spacial score (nSPS) is 14.2. The van der Waals surface area contributed by atoms with E-state index in [4.69, 9.17) is 0 Å². The molecule has 0 spiro atoms. The van der Waals surface area contributed by atoms with Crippen LogP contribution in [0.15, 0.2) is 108 Å². The Morgan fingerprint density at radius 2 is 0.628 bits per heavy atom. The zero-order chi connectivity index (χ0) is 54.6. The molecule has 2 aromatic carbocycles. The lowest BCUT2D eigenvalue weighted by atomic mass is 9.93. The number of carbonyl (C=O) groups excluding carboxylic acids is 2. The molecular weight excluding hydrogens is 1030 g/mol. The van der Waals surface area contributed by atoms with Crippen LogP contribution in [0, 0.1) is 34.5 Å². The van der Waals surface area contributed by atoms with Crippen LogP contribution in [0.4, 0.5) is 0 Å². The lowest BCUT2D eigenvalue weighted by molar-refractivity contribution is -0.124. The fraction of sp³-hybridized carbons (Fsp3) is 0.471. The Balaban J connectivity index is 1.21. The van der Waals surface area contributed by atoms with E-state index in [-0.39, 0.29) is 11.8 Å². The van der Waals surface area contributed by atoms with Gasteiger partial charge in [0.15, 0.2) is 0 Å². The van der Waals surface area contributed by atoms with Crippen molar-refractivity contribution >= 4 is 68.6 Å². The predicted molar refractivity (Wildman–Crippen MR) is 333 cm³/mol. The maximum absolute atomic E-state index is 16.0. The molecule has 410 valence electrons. The molecule has 0 saturated carbocycles. The largest absolute Gasteiger partial charge is 0.306 e. The number of hydrogen-bond donors (Lipinski definition) is 0. The lowest BCUT2D eigenvalue weighted by Crippen LogP contribution is -2.34. The fourth-order valence-corrected chi connectivity index (χ4v) is 15.8. The van der Waals surface area contributed by atoms with Gasteiger partial charge in [-0.1, -0.05) is 180 Å². The summed E-state index contributed by atoms with van der Waals surface area (Å²) in [6, 6.07) is 37.5. The first-order valence-electron chi connectivity index (χ1n) is 29.8. The van der Waals surface area contributed by atoms with E-state index in [2.05, 4.69) is 98.2 Å². The minimum absolute atomic E-state index is 0.0221. The molecule has 2 aliphatic heterocycles. The number of fused-ring (bicyclic) bond motifs is 1. The van der Waals surface area contributed by atoms with Crippen molar-refractivity contribution in [1.29, 1.82) is 10.5 Å². The van der Waals surface area contributed by atoms with Crippen LogP contribution in [0.1, 0.15) is 203 Å². The van der Waals surface area contributed by atoms with E-state index in [1.807, 2.05) is 48.5 Å². The lowest BCUT2D eigenvalue weighted by Gasteiger charge is -2.29. The average molecular weight is 1120 g/mol. The van der Waals surface area contributed by atoms with E-state index in [0.29, 0.717) is 47.2 Å². The number of rotatable bonds is 34. The maximum Gasteiger partial charge on any atom is 0.261 e. The Labute approximate surface area is 483 Å². The molecule has 6 nitrogen and oxygen atoms in total. The van der Waals surface area contributed by atoms with Gasteiger partial charge in [-0.15, -0.1) is 45.3 Å². The molecule has 0 N–H and O–H groups in total. The zero-order valence-electron chi connectivity index (χ0n) is 47.0. The van der Waals surface area contributed by atoms with Crippen LogP contribution in [0.3, 0.4) is 0 Å². The molecule has 6 heterocycles. The summed E-state index contributed by atoms with van der Waals surface area (Å²) in [7, 11) is 0. The number of benzene rings is 2. The van der Waals surface area contributed by atoms with E-state index >= 15 is 9.59 Å². The second-order valence-electron chi connectivity index (χ2n) is 21.9. The Hall–Kier alpha value is -5.36. The Morgan fingerprint density at radius 3 is 0.949 bits per heavy atom. The van der Waals surface area contributed by atoms with Crippen molar-refractivity contribution in [3.63, 3.8) is 0 Å². The number of nitrogens with zero attached hydrogens (tertiary/aromatic N) is 4. The molecule has 0 saturated heterocycles. The minimum atomic E-state index is -0.0221. The standard InChI is InChI=1S/C68H82N4O2S4/c1-5-9-13-17-19-23-27-51(25-21-15-11-7-3)47-71-65(61-43-41-59(77-61)57-39-37-55(75-57)53-33-29-49(45-69)30-34-53)63-64(67(71)73)66(72(68(63)74)48-52(26-22-16-12-8-4)28-24-20-18-14-10-6-2)62-44-42-60(78-62)58-40-38-56(76-58)54-35-31-50(46-70)32-36-54/h29-44,51-52H,5-28,47-48H2,1-4H3. The summed E-state index contributed by atoms with van der Waals surface area (Å²) < 4.78 is 0. The van der Waals surface area contributed by atoms with Crippen LogP contribution >= 0.6 is 45.3 Å². The number of nitriles is 2. The van der Waals surface area contributed by atoms with Gasteiger partial charge in [0.1, 0.15) is 0 Å². The number of unbranched alkanes of at least 4 members (excludes halogenated alkanes) is 16. The van der Waals surface area contributed by atoms with E-state index in [1.165, 1.54) is 103 Å². The molecule has 4 aromatic heterocycles. The summed E-state index contributed by atoms with van der Waals surface area (Å²) in [5, 5.41) is 18.9. The van der Waals surface area contributed by atoms with E-state index in [9.17, 15) is 10.5 Å². The molecule has 2 atom stereocenters. The minimum Gasteiger partial charge on any atom is -0.306 e. The first kappa shape index (κ1) is 58.8. The second-order valence-corrected chi connectivity index (χ2v) is 26.2. The second kappa shape index (κ2) is 30.3. The van der Waals surface area contributed by atoms with Crippen LogP contribution in [0.5, 0.6) is 0 Å². The highest BCUT2D eigenvalue weighted by atomic mass is 32.1. The van der Waals surface area contributed by atoms with Gasteiger partial charge in [0, 0.05) is 42.4 Å². The summed E-state index contributed by atoms with van der Waals surface area (Å²) in [6.45, 7) is 10.3. The highest BCUT2D eigenvalue weighted by Gasteiger charge is 2.50. The molecule has 0 fully saturated rings. The monoisotopic (exact) mass is 1110 g/mol. The van der Waals surface area contributed by atoms with Crippen molar-refractivity contribution in [1.82, 2.24) is 9.80 Å². The summed E-state index contributed by atoms with van der Waals surface area (Å²) in [6.07, 6.45) is 28.7. The number of amides is 2. The van der Waals surface area contributed by atoms with Crippen LogP contribution < -0.4 is 0 Å². The van der Waals surface area contributed by atoms with Gasteiger partial charge in [0.2, 0.25) is 0 Å². The molecule has 0 aliphatic carbocycles. The third-order valence-electron chi connectivity index (χ3n) is 15.9. The van der Waals surface area contributed by atoms with Crippen LogP contribution in [-0.2, 0) is 9.59 Å². The smallest absolute Gasteiger partial charge is 0.261 e. The van der Waals surface area contributed by atoms with E-state index < -0.39 is 0 Å². The molecule has 78 heavy (non-hydrogen) atoms. The first-order valence-corrected chi connectivity index (χ1v) is 33.1. The summed E-state index contributed by atoms with van der Waals surface area (Å²) in [4.78, 5) is 44.9. The van der Waals surface area contributed by atoms with E-state index in [0.717, 1.165) is 113 Å². The summed E-state index contributed by atoms with van der Waals surface area (Å²) >= 11 is 6.86. The summed E-state index contributed by atoms with van der Waals surface area (Å²) in [5.41, 5.74) is 6.25. The molecule has 6 aromatic rings. The van der Waals surface area contributed by atoms with Crippen molar-refractivity contribution in [3.05, 3.63) is 129 Å². The Bertz CT molecular complexity index is 2820. The molecule has 8 rings (SSSR count). The van der Waals surface area contributed by atoms with Crippen molar-refractivity contribution < 1.29 is 9.59 Å². The summed E-state index contributed by atoms with van der Waals surface area (Å²) in [5.74, 6) is 0.614. The van der Waals surface area contributed by atoms with Crippen molar-refractivity contribution in [3.8, 4) is 52.5 Å². The molecule has 2 amide bonds. The van der Waals surface area contributed by atoms with Crippen molar-refractivity contribution in [2.24, 2.45) is 11.8 Å². The van der Waals surface area contributed by atoms with Gasteiger partial charge >= 0.3 is 0 Å². The van der Waals surface area contributed by atoms with Gasteiger partial charge in [-0.2, -0.15) is 10.5 Å². The van der Waals surface area contributed by atoms with Gasteiger partial charge in [0.25, 0.3) is 11.8 Å². The van der Waals surface area contributed by atoms with Crippen LogP contribution in [0.25, 0.3) is 51.8 Å². The molecule has 0 bridgehead atoms. The van der Waals surface area contributed by atoms with Gasteiger partial charge in [-0.05, 0) is 121 Å². The highest BCUT2D eigenvalue weighted by molar-refractivity contribution is 7.25. The number of thiophene rings is 4. The zero-order valence-corrected chi connectivity index (χ0v) is 50.3. The third kappa shape index (κ3) is 15.1. The predicted octanol–water partition coefficient (Wildman–Crippen LogP) is 20.8. The van der Waals surface area contributed by atoms with Crippen molar-refractivity contribution in [2.45, 2.75) is 182 Å². The SMILES string of the molecule is CCCCCCCCC(CCCCCC)CN1C(=O)C2=C(c3ccc(-c4ccc(-c5ccc(C#N)cc5)s4)s3)N(CC(CCCCCC)CCCCCCCC)C(=O)C2=C1c1ccc(-c2ccc(-c3ccc(C#N)cc3)s2)s1. The maximum atomic E-state index is 16.0. The Morgan fingerprint density at radius 1 is 0.359 bits per heavy atom. The van der Waals surface area contributed by atoms with E-state index in [1.54, 1.807) is 45.3 Å². The topological polar surface area (TPSA) is 88.2 Å². The van der Waals surface area contributed by atoms with Gasteiger partial charge in [-0.3, -0.25) is 9.59 Å². The molecule has 2 aliphatic rings. The number of hydrogen-bond acceptors (Lipinski definition) is 8. The quantitative estimate of drug-likeness (QED) is 0.0377. The van der Waals surface area contributed by atoms with Gasteiger partial charge in [-0.25, -0.2) is 0 Å². The van der Waals surface area contributed by atoms with Gasteiger partial charge in [0.05, 0.1) is 55.6 Å². The Kier molecular flexibility index (Phi) is 22.8. The molecule has 2 unspecified atom stereocenters.